The Bertz CT molecular complexity index is 825. The summed E-state index contributed by atoms with van der Waals surface area (Å²) in [5.74, 6) is -0.486. The van der Waals surface area contributed by atoms with Gasteiger partial charge < -0.3 is 10.1 Å². The number of aryl methyl sites for hydroxylation is 1. The molecule has 1 atom stereocenters. The fourth-order valence-corrected chi connectivity index (χ4v) is 2.60. The first-order valence-corrected chi connectivity index (χ1v) is 8.66. The molecule has 0 bridgehead atoms. The molecule has 0 radical (unpaired) electrons. The van der Waals surface area contributed by atoms with Crippen molar-refractivity contribution >= 4 is 17.6 Å². The summed E-state index contributed by atoms with van der Waals surface area (Å²) in [7, 11) is 0. The van der Waals surface area contributed by atoms with E-state index in [2.05, 4.69) is 11.4 Å². The minimum absolute atomic E-state index is 0. The molecule has 4 nitrogen and oxygen atoms in total. The van der Waals surface area contributed by atoms with Gasteiger partial charge in [0, 0.05) is 33.4 Å². The number of carbonyl (C=O) groups excluding carboxylic acids is 2. The molecule has 0 heterocycles. The van der Waals surface area contributed by atoms with Crippen molar-refractivity contribution in [2.45, 2.75) is 47.6 Å². The molecule has 144 valence electrons. The molecule has 1 N–H and O–H groups in total. The largest absolute Gasteiger partial charge is 0.466 e. The van der Waals surface area contributed by atoms with Crippen LogP contribution in [0.4, 0.5) is 5.69 Å². The molecule has 27 heavy (non-hydrogen) atoms. The van der Waals surface area contributed by atoms with Gasteiger partial charge in [-0.15, -0.1) is 6.07 Å². The quantitative estimate of drug-likeness (QED) is 0.454. The van der Waals surface area contributed by atoms with Crippen LogP contribution in [0.3, 0.4) is 0 Å². The molecule has 5 heteroatoms. The molecule has 2 aromatic rings. The Kier molecular flexibility index (Phi) is 7.98. The standard InChI is InChI=1S/C22H26NO3.W/c1-14-10-9-12-17(15(14)2)20(26-16(3)24)18-11-7-8-13-19(18)23-21(25)22(4,5)6;/h8-13,20H,1-6H3,(H,23,25);/q-1;. The summed E-state index contributed by atoms with van der Waals surface area (Å²) in [6, 6.07) is 14.2. The van der Waals surface area contributed by atoms with Gasteiger partial charge in [-0.3, -0.25) is 9.59 Å². The Labute approximate surface area is 176 Å². The summed E-state index contributed by atoms with van der Waals surface area (Å²) in [5, 5.41) is 2.96. The summed E-state index contributed by atoms with van der Waals surface area (Å²) in [5.41, 5.74) is 3.85. The van der Waals surface area contributed by atoms with Crippen molar-refractivity contribution < 1.29 is 35.4 Å². The monoisotopic (exact) mass is 536 g/mol. The molecule has 2 rings (SSSR count). The van der Waals surface area contributed by atoms with E-state index in [4.69, 9.17) is 4.74 Å². The fraction of sp³-hybridized carbons (Fsp3) is 0.364. The van der Waals surface area contributed by atoms with Crippen LogP contribution in [0, 0.1) is 25.3 Å². The topological polar surface area (TPSA) is 55.4 Å². The summed E-state index contributed by atoms with van der Waals surface area (Å²) in [6.07, 6.45) is -0.611. The van der Waals surface area contributed by atoms with Gasteiger partial charge >= 0.3 is 5.97 Å². The normalized spacial score (nSPS) is 11.9. The first-order chi connectivity index (χ1) is 12.1. The van der Waals surface area contributed by atoms with E-state index in [1.807, 2.05) is 52.8 Å². The van der Waals surface area contributed by atoms with Gasteiger partial charge in [0.25, 0.3) is 0 Å². The van der Waals surface area contributed by atoms with Crippen molar-refractivity contribution in [1.29, 1.82) is 0 Å². The predicted molar refractivity (Wildman–Crippen MR) is 103 cm³/mol. The molecule has 1 unspecified atom stereocenters. The van der Waals surface area contributed by atoms with E-state index in [0.717, 1.165) is 16.7 Å². The molecular weight excluding hydrogens is 510 g/mol. The Hall–Kier alpha value is -1.93. The molecule has 0 aliphatic carbocycles. The first-order valence-electron chi connectivity index (χ1n) is 8.66. The number of esters is 1. The third-order valence-corrected chi connectivity index (χ3v) is 4.32. The van der Waals surface area contributed by atoms with Crippen LogP contribution in [0.2, 0.25) is 0 Å². The average Bonchev–Trinajstić information content (AvgIpc) is 2.55. The van der Waals surface area contributed by atoms with E-state index in [1.54, 1.807) is 18.2 Å². The number of amides is 1. The number of hydrogen-bond acceptors (Lipinski definition) is 3. The summed E-state index contributed by atoms with van der Waals surface area (Å²) >= 11 is 0. The molecule has 0 saturated heterocycles. The van der Waals surface area contributed by atoms with Crippen molar-refractivity contribution in [3.63, 3.8) is 0 Å². The van der Waals surface area contributed by atoms with Crippen LogP contribution in [-0.4, -0.2) is 11.9 Å². The smallest absolute Gasteiger partial charge is 0.302 e. The van der Waals surface area contributed by atoms with E-state index >= 15 is 0 Å². The van der Waals surface area contributed by atoms with E-state index in [1.165, 1.54) is 6.92 Å². The van der Waals surface area contributed by atoms with Crippen molar-refractivity contribution in [1.82, 2.24) is 0 Å². The third-order valence-electron chi connectivity index (χ3n) is 4.32. The van der Waals surface area contributed by atoms with Gasteiger partial charge in [-0.2, -0.15) is 18.2 Å². The Morgan fingerprint density at radius 3 is 2.37 bits per heavy atom. The fourth-order valence-electron chi connectivity index (χ4n) is 2.60. The number of carbonyl (C=O) groups is 2. The van der Waals surface area contributed by atoms with Crippen LogP contribution >= 0.6 is 0 Å². The molecule has 0 spiro atoms. The van der Waals surface area contributed by atoms with E-state index in [0.29, 0.717) is 11.3 Å². The van der Waals surface area contributed by atoms with Gasteiger partial charge in [-0.05, 0) is 30.5 Å². The number of ether oxygens (including phenoxy) is 1. The zero-order valence-corrected chi connectivity index (χ0v) is 19.6. The molecule has 0 aliphatic rings. The van der Waals surface area contributed by atoms with Crippen molar-refractivity contribution in [2.24, 2.45) is 5.41 Å². The molecule has 0 aliphatic heterocycles. The number of hydrogen-bond donors (Lipinski definition) is 1. The number of nitrogens with one attached hydrogen (secondary N) is 1. The third kappa shape index (κ3) is 5.77. The number of benzene rings is 2. The first kappa shape index (κ1) is 23.1. The van der Waals surface area contributed by atoms with Crippen molar-refractivity contribution in [2.75, 3.05) is 5.32 Å². The molecular formula is C22H26NO3W-. The Morgan fingerprint density at radius 2 is 1.78 bits per heavy atom. The second-order valence-electron chi connectivity index (χ2n) is 7.50. The number of rotatable bonds is 4. The van der Waals surface area contributed by atoms with Crippen molar-refractivity contribution in [3.8, 4) is 0 Å². The van der Waals surface area contributed by atoms with Crippen LogP contribution in [0.15, 0.2) is 36.4 Å². The maximum Gasteiger partial charge on any atom is 0.302 e. The van der Waals surface area contributed by atoms with Crippen LogP contribution in [0.5, 0.6) is 0 Å². The predicted octanol–water partition coefficient (Wildman–Crippen LogP) is 4.74. The second-order valence-corrected chi connectivity index (χ2v) is 7.50. The minimum atomic E-state index is -0.611. The van der Waals surface area contributed by atoms with Crippen LogP contribution in [-0.2, 0) is 35.4 Å². The Morgan fingerprint density at radius 1 is 1.11 bits per heavy atom. The molecule has 1 amide bonds. The maximum atomic E-state index is 12.5. The zero-order valence-electron chi connectivity index (χ0n) is 16.7. The van der Waals surface area contributed by atoms with Gasteiger partial charge in [-0.1, -0.05) is 50.2 Å². The maximum absolute atomic E-state index is 12.5. The number of anilines is 1. The average molecular weight is 536 g/mol. The van der Waals surface area contributed by atoms with Crippen LogP contribution in [0.1, 0.15) is 56.1 Å². The Balaban J connectivity index is 0.00000364. The van der Waals surface area contributed by atoms with Gasteiger partial charge in [-0.25, -0.2) is 0 Å². The van der Waals surface area contributed by atoms with Crippen LogP contribution < -0.4 is 5.32 Å². The molecule has 0 saturated carbocycles. The van der Waals surface area contributed by atoms with Gasteiger partial charge in [0.1, 0.15) is 6.10 Å². The molecule has 0 fully saturated rings. The van der Waals surface area contributed by atoms with E-state index in [9.17, 15) is 9.59 Å². The van der Waals surface area contributed by atoms with E-state index < -0.39 is 11.5 Å². The van der Waals surface area contributed by atoms with Gasteiger partial charge in [0.2, 0.25) is 5.91 Å². The van der Waals surface area contributed by atoms with Crippen LogP contribution in [0.25, 0.3) is 0 Å². The summed E-state index contributed by atoms with van der Waals surface area (Å²) in [4.78, 5) is 24.2. The second kappa shape index (κ2) is 9.32. The molecule has 0 aromatic heterocycles. The van der Waals surface area contributed by atoms with Gasteiger partial charge in [0.05, 0.1) is 0 Å². The SMILES string of the molecule is CC(=O)OC(c1c[c-]ccc1NC(=O)C(C)(C)C)c1cccc(C)c1C.[W]. The summed E-state index contributed by atoms with van der Waals surface area (Å²) < 4.78 is 5.66. The van der Waals surface area contributed by atoms with Gasteiger partial charge in [0.15, 0.2) is 0 Å². The minimum Gasteiger partial charge on any atom is -0.466 e. The van der Waals surface area contributed by atoms with Crippen molar-refractivity contribution in [3.05, 3.63) is 64.7 Å². The molecule has 2 aromatic carbocycles. The van der Waals surface area contributed by atoms with E-state index in [-0.39, 0.29) is 32.9 Å². The zero-order chi connectivity index (χ0) is 19.5. The summed E-state index contributed by atoms with van der Waals surface area (Å²) in [6.45, 7) is 11.0.